The largest absolute Gasteiger partial charge is 0.493 e. The highest BCUT2D eigenvalue weighted by Gasteiger charge is 2.50. The van der Waals surface area contributed by atoms with Gasteiger partial charge in [-0.1, -0.05) is 12.1 Å². The van der Waals surface area contributed by atoms with Crippen molar-refractivity contribution in [1.82, 2.24) is 10.2 Å². The number of nitrogens with one attached hydrogen (secondary N) is 2. The van der Waals surface area contributed by atoms with Crippen molar-refractivity contribution in [3.05, 3.63) is 53.8 Å². The molecule has 208 valence electrons. The third-order valence-corrected chi connectivity index (χ3v) is 6.99. The van der Waals surface area contributed by atoms with Gasteiger partial charge in [-0.15, -0.1) is 0 Å². The number of amides is 2. The minimum Gasteiger partial charge on any atom is -0.493 e. The molecule has 2 aliphatic rings. The lowest BCUT2D eigenvalue weighted by Crippen LogP contribution is -2.48. The number of rotatable bonds is 5. The predicted molar refractivity (Wildman–Crippen MR) is 132 cm³/mol. The molecule has 2 fully saturated rings. The maximum absolute atomic E-state index is 13.4. The molecule has 0 bridgehead atoms. The number of methoxy groups -OCH3 is 2. The van der Waals surface area contributed by atoms with Gasteiger partial charge in [0.05, 0.1) is 14.2 Å². The topological polar surface area (TPSA) is 100 Å². The number of likely N-dealkylation sites (N-methyl/N-ethyl adjacent to an activating group) is 1. The van der Waals surface area contributed by atoms with Gasteiger partial charge >= 0.3 is 18.2 Å². The third kappa shape index (κ3) is 6.85. The molecular weight excluding hydrogens is 510 g/mol. The molecule has 3 atom stereocenters. The van der Waals surface area contributed by atoms with Gasteiger partial charge in [-0.3, -0.25) is 0 Å². The molecule has 0 spiro atoms. The summed E-state index contributed by atoms with van der Waals surface area (Å²) in [6, 6.07) is 12.0. The van der Waals surface area contributed by atoms with E-state index in [9.17, 15) is 22.4 Å². The molecule has 1 saturated heterocycles. The molecule has 1 aliphatic carbocycles. The average Bonchev–Trinajstić information content (AvgIpc) is 3.19. The lowest BCUT2D eigenvalue weighted by atomic mass is 9.63. The van der Waals surface area contributed by atoms with E-state index in [1.807, 2.05) is 6.07 Å². The van der Waals surface area contributed by atoms with Crippen molar-refractivity contribution in [2.24, 2.45) is 5.92 Å². The lowest BCUT2D eigenvalue weighted by Gasteiger charge is -2.42. The van der Waals surface area contributed by atoms with Crippen LogP contribution in [0.1, 0.15) is 24.8 Å². The minimum atomic E-state index is -5.08. The van der Waals surface area contributed by atoms with Crippen LogP contribution in [0.4, 0.5) is 28.0 Å². The Kier molecular flexibility index (Phi) is 9.08. The fourth-order valence-corrected chi connectivity index (χ4v) is 5.37. The molecule has 1 saturated carbocycles. The number of alkyl halides is 3. The smallest absolute Gasteiger partial charge is 0.490 e. The number of halogens is 4. The van der Waals surface area contributed by atoms with Crippen LogP contribution < -0.4 is 20.1 Å². The maximum Gasteiger partial charge on any atom is 0.490 e. The van der Waals surface area contributed by atoms with Crippen molar-refractivity contribution in [3.8, 4) is 11.5 Å². The molecule has 0 unspecified atom stereocenters. The van der Waals surface area contributed by atoms with E-state index in [4.69, 9.17) is 19.4 Å². The molecule has 12 heteroatoms. The Hall–Kier alpha value is -3.54. The number of fused-ring (bicyclic) bond motifs is 1. The molecule has 0 aromatic heterocycles. The van der Waals surface area contributed by atoms with Crippen LogP contribution in [0, 0.1) is 11.7 Å². The first-order valence-corrected chi connectivity index (χ1v) is 11.9. The van der Waals surface area contributed by atoms with Crippen LogP contribution in [0.25, 0.3) is 0 Å². The lowest BCUT2D eigenvalue weighted by molar-refractivity contribution is -0.192. The minimum absolute atomic E-state index is 0.0333. The van der Waals surface area contributed by atoms with E-state index in [1.54, 1.807) is 26.4 Å². The molecule has 2 aromatic carbocycles. The number of nitrogens with zero attached hydrogens (tertiary/aromatic N) is 1. The molecule has 4 rings (SSSR count). The standard InChI is InChI=1S/C24H30FN3O3.C2HF3O2/c1-28-14-17-11-20(27-23(29)26-19-6-4-5-18(25)13-19)9-10-24(17,15-28)16-7-8-21(30-2)22(12-16)31-3;3-2(4,5)1(6)7/h4-8,12-13,17,20H,9-11,14-15H2,1-3H3,(H2,26,27,29);(H,6,7)/t17-,20-,24+;/m1./s1. The van der Waals surface area contributed by atoms with Crippen LogP contribution in [0.3, 0.4) is 0 Å². The number of aliphatic carboxylic acids is 1. The number of ether oxygens (including phenoxy) is 2. The number of benzene rings is 2. The van der Waals surface area contributed by atoms with Gasteiger partial charge in [-0.25, -0.2) is 14.0 Å². The summed E-state index contributed by atoms with van der Waals surface area (Å²) in [5.41, 5.74) is 1.75. The predicted octanol–water partition coefficient (Wildman–Crippen LogP) is 4.65. The molecule has 1 aliphatic heterocycles. The summed E-state index contributed by atoms with van der Waals surface area (Å²) < 4.78 is 56.1. The van der Waals surface area contributed by atoms with Crippen molar-refractivity contribution in [2.45, 2.75) is 36.9 Å². The summed E-state index contributed by atoms with van der Waals surface area (Å²) in [5.74, 6) is -1.23. The molecular formula is C26H31F4N3O5. The maximum atomic E-state index is 13.4. The summed E-state index contributed by atoms with van der Waals surface area (Å²) in [6.07, 6.45) is -2.33. The Morgan fingerprint density at radius 1 is 1.11 bits per heavy atom. The number of carboxylic acid groups (broad SMARTS) is 1. The Morgan fingerprint density at radius 2 is 1.79 bits per heavy atom. The van der Waals surface area contributed by atoms with Crippen LogP contribution >= 0.6 is 0 Å². The molecule has 8 nitrogen and oxygen atoms in total. The zero-order chi connectivity index (χ0) is 28.1. The summed E-state index contributed by atoms with van der Waals surface area (Å²) in [5, 5.41) is 12.9. The molecule has 3 N–H and O–H groups in total. The van der Waals surface area contributed by atoms with E-state index >= 15 is 0 Å². The SMILES string of the molecule is COc1ccc([C@@]23CC[C@@H](NC(=O)Nc4cccc(F)c4)C[C@@H]2CN(C)C3)cc1OC.O=C(O)C(F)(F)F. The quantitative estimate of drug-likeness (QED) is 0.477. The van der Waals surface area contributed by atoms with Crippen molar-refractivity contribution >= 4 is 17.7 Å². The van der Waals surface area contributed by atoms with E-state index in [-0.39, 0.29) is 23.3 Å². The van der Waals surface area contributed by atoms with Crippen molar-refractivity contribution in [1.29, 1.82) is 0 Å². The monoisotopic (exact) mass is 541 g/mol. The number of carbonyl (C=O) groups excluding carboxylic acids is 1. The molecule has 2 aromatic rings. The first-order chi connectivity index (χ1) is 17.9. The molecule has 1 heterocycles. The van der Waals surface area contributed by atoms with Crippen LogP contribution in [0.5, 0.6) is 11.5 Å². The number of likely N-dealkylation sites (tertiary alicyclic amines) is 1. The van der Waals surface area contributed by atoms with E-state index in [0.29, 0.717) is 11.6 Å². The number of carbonyl (C=O) groups is 2. The number of anilines is 1. The molecule has 38 heavy (non-hydrogen) atoms. The van der Waals surface area contributed by atoms with Crippen LogP contribution in [-0.4, -0.2) is 68.6 Å². The number of hydrogen-bond donors (Lipinski definition) is 3. The van der Waals surface area contributed by atoms with E-state index < -0.39 is 12.1 Å². The zero-order valence-electron chi connectivity index (χ0n) is 21.3. The molecule has 0 radical (unpaired) electrons. The Labute approximate surface area is 217 Å². The van der Waals surface area contributed by atoms with Gasteiger partial charge in [0, 0.05) is 30.2 Å². The average molecular weight is 542 g/mol. The first-order valence-electron chi connectivity index (χ1n) is 11.9. The fourth-order valence-electron chi connectivity index (χ4n) is 5.37. The van der Waals surface area contributed by atoms with Gasteiger partial charge in [-0.2, -0.15) is 13.2 Å². The van der Waals surface area contributed by atoms with E-state index in [2.05, 4.69) is 34.7 Å². The van der Waals surface area contributed by atoms with Crippen molar-refractivity contribution in [3.63, 3.8) is 0 Å². The second-order valence-electron chi connectivity index (χ2n) is 9.50. The van der Waals surface area contributed by atoms with E-state index in [0.717, 1.165) is 43.9 Å². The van der Waals surface area contributed by atoms with Gasteiger partial charge in [0.1, 0.15) is 5.82 Å². The summed E-state index contributed by atoms with van der Waals surface area (Å²) in [4.78, 5) is 23.7. The third-order valence-electron chi connectivity index (χ3n) is 6.99. The van der Waals surface area contributed by atoms with E-state index in [1.165, 1.54) is 17.7 Å². The highest BCUT2D eigenvalue weighted by atomic mass is 19.4. The van der Waals surface area contributed by atoms with Gasteiger partial charge in [0.25, 0.3) is 0 Å². The summed E-state index contributed by atoms with van der Waals surface area (Å²) in [7, 11) is 5.46. The highest BCUT2D eigenvalue weighted by molar-refractivity contribution is 5.89. The number of hydrogen-bond acceptors (Lipinski definition) is 5. The van der Waals surface area contributed by atoms with Gasteiger partial charge in [0.15, 0.2) is 11.5 Å². The summed E-state index contributed by atoms with van der Waals surface area (Å²) in [6.45, 7) is 1.97. The zero-order valence-corrected chi connectivity index (χ0v) is 21.3. The van der Waals surface area contributed by atoms with Crippen molar-refractivity contribution in [2.75, 3.05) is 39.7 Å². The first kappa shape index (κ1) is 29.0. The number of urea groups is 1. The van der Waals surface area contributed by atoms with Crippen LogP contribution in [0.15, 0.2) is 42.5 Å². The van der Waals surface area contributed by atoms with Gasteiger partial charge in [-0.05, 0) is 68.1 Å². The Bertz CT molecular complexity index is 1150. The second kappa shape index (κ2) is 11.9. The Morgan fingerprint density at radius 3 is 2.39 bits per heavy atom. The number of carboxylic acids is 1. The Balaban J connectivity index is 0.000000505. The second-order valence-corrected chi connectivity index (χ2v) is 9.50. The molecule has 2 amide bonds. The van der Waals surface area contributed by atoms with Gasteiger partial charge in [0.2, 0.25) is 0 Å². The fraction of sp³-hybridized carbons (Fsp3) is 0.462. The van der Waals surface area contributed by atoms with Crippen LogP contribution in [-0.2, 0) is 10.2 Å². The highest BCUT2D eigenvalue weighted by Crippen LogP contribution is 2.49. The van der Waals surface area contributed by atoms with Gasteiger partial charge < -0.3 is 30.1 Å². The summed E-state index contributed by atoms with van der Waals surface area (Å²) >= 11 is 0. The normalized spacial score (nSPS) is 22.9. The van der Waals surface area contributed by atoms with Crippen molar-refractivity contribution < 1.29 is 41.7 Å². The van der Waals surface area contributed by atoms with Crippen LogP contribution in [0.2, 0.25) is 0 Å².